The zero-order valence-corrected chi connectivity index (χ0v) is 9.79. The lowest BCUT2D eigenvalue weighted by Gasteiger charge is -2.48. The first-order valence-electron chi connectivity index (χ1n) is 5.91. The Labute approximate surface area is 87.9 Å². The van der Waals surface area contributed by atoms with Crippen molar-refractivity contribution >= 4 is 0 Å². The summed E-state index contributed by atoms with van der Waals surface area (Å²) >= 11 is 0. The normalized spacial score (nSPS) is 40.9. The first kappa shape index (κ1) is 12.0. The van der Waals surface area contributed by atoms with Crippen LogP contribution in [0, 0.1) is 17.3 Å². The third-order valence-corrected chi connectivity index (χ3v) is 4.55. The van der Waals surface area contributed by atoms with Crippen LogP contribution >= 0.6 is 0 Å². The minimum atomic E-state index is 0.187. The Morgan fingerprint density at radius 2 is 2.14 bits per heavy atom. The van der Waals surface area contributed by atoms with Crippen molar-refractivity contribution in [1.82, 2.24) is 0 Å². The number of aliphatic hydroxyl groups excluding tert-OH is 1. The Balaban J connectivity index is 2.83. The molecule has 1 saturated carbocycles. The first-order chi connectivity index (χ1) is 6.54. The summed E-state index contributed by atoms with van der Waals surface area (Å²) in [4.78, 5) is 0. The molecule has 0 saturated heterocycles. The van der Waals surface area contributed by atoms with E-state index in [1.54, 1.807) is 0 Å². The van der Waals surface area contributed by atoms with Gasteiger partial charge in [-0.1, -0.05) is 26.7 Å². The second-order valence-corrected chi connectivity index (χ2v) is 5.15. The lowest BCUT2D eigenvalue weighted by Crippen LogP contribution is -2.49. The van der Waals surface area contributed by atoms with Crippen LogP contribution < -0.4 is 5.73 Å². The SMILES string of the molecule is CC1CCCC(CCO)(C(C)N)C1C. The highest BCUT2D eigenvalue weighted by Gasteiger charge is 2.43. The van der Waals surface area contributed by atoms with Gasteiger partial charge in [0.25, 0.3) is 0 Å². The molecule has 14 heavy (non-hydrogen) atoms. The van der Waals surface area contributed by atoms with Gasteiger partial charge in [-0.05, 0) is 37.0 Å². The van der Waals surface area contributed by atoms with Gasteiger partial charge in [-0.25, -0.2) is 0 Å². The predicted octanol–water partition coefficient (Wildman–Crippen LogP) is 2.16. The molecule has 84 valence electrons. The molecule has 3 N–H and O–H groups in total. The maximum atomic E-state index is 9.18. The average molecular weight is 199 g/mol. The molecule has 1 rings (SSSR count). The summed E-state index contributed by atoms with van der Waals surface area (Å²) in [7, 11) is 0. The van der Waals surface area contributed by atoms with E-state index in [0.29, 0.717) is 5.92 Å². The molecular formula is C12H25NO. The summed E-state index contributed by atoms with van der Waals surface area (Å²) in [5.74, 6) is 1.39. The largest absolute Gasteiger partial charge is 0.396 e. The van der Waals surface area contributed by atoms with Gasteiger partial charge in [-0.2, -0.15) is 0 Å². The quantitative estimate of drug-likeness (QED) is 0.731. The second kappa shape index (κ2) is 4.63. The molecular weight excluding hydrogens is 174 g/mol. The van der Waals surface area contributed by atoms with Crippen molar-refractivity contribution < 1.29 is 5.11 Å². The van der Waals surface area contributed by atoms with Gasteiger partial charge in [0, 0.05) is 12.6 Å². The van der Waals surface area contributed by atoms with Crippen molar-refractivity contribution in [3.8, 4) is 0 Å². The summed E-state index contributed by atoms with van der Waals surface area (Å²) in [5.41, 5.74) is 6.32. The van der Waals surface area contributed by atoms with Crippen LogP contribution in [-0.2, 0) is 0 Å². The van der Waals surface area contributed by atoms with Crippen LogP contribution in [0.5, 0.6) is 0 Å². The van der Waals surface area contributed by atoms with Crippen LogP contribution in [0.2, 0.25) is 0 Å². The van der Waals surface area contributed by atoms with Crippen LogP contribution in [0.4, 0.5) is 0 Å². The fraction of sp³-hybridized carbons (Fsp3) is 1.00. The van der Waals surface area contributed by atoms with Crippen molar-refractivity contribution in [2.75, 3.05) is 6.61 Å². The number of rotatable bonds is 3. The van der Waals surface area contributed by atoms with Crippen molar-refractivity contribution in [2.24, 2.45) is 23.0 Å². The Morgan fingerprint density at radius 1 is 1.50 bits per heavy atom. The molecule has 4 atom stereocenters. The zero-order valence-electron chi connectivity index (χ0n) is 9.79. The van der Waals surface area contributed by atoms with E-state index in [1.165, 1.54) is 19.3 Å². The van der Waals surface area contributed by atoms with E-state index in [2.05, 4.69) is 20.8 Å². The van der Waals surface area contributed by atoms with Crippen molar-refractivity contribution in [2.45, 2.75) is 52.5 Å². The van der Waals surface area contributed by atoms with Gasteiger partial charge < -0.3 is 10.8 Å². The van der Waals surface area contributed by atoms with Crippen molar-refractivity contribution in [1.29, 1.82) is 0 Å². The molecule has 1 aliphatic rings. The van der Waals surface area contributed by atoms with Crippen LogP contribution in [0.3, 0.4) is 0 Å². The highest BCUT2D eigenvalue weighted by atomic mass is 16.3. The number of hydrogen-bond donors (Lipinski definition) is 2. The summed E-state index contributed by atoms with van der Waals surface area (Å²) in [6.07, 6.45) is 4.65. The van der Waals surface area contributed by atoms with E-state index in [9.17, 15) is 5.11 Å². The van der Waals surface area contributed by atoms with Crippen molar-refractivity contribution in [3.05, 3.63) is 0 Å². The topological polar surface area (TPSA) is 46.2 Å². The Kier molecular flexibility index (Phi) is 3.96. The Morgan fingerprint density at radius 3 is 2.64 bits per heavy atom. The summed E-state index contributed by atoms with van der Waals surface area (Å²) in [6, 6.07) is 0.201. The molecule has 1 aliphatic carbocycles. The van der Waals surface area contributed by atoms with Crippen LogP contribution in [0.25, 0.3) is 0 Å². The fourth-order valence-corrected chi connectivity index (χ4v) is 3.23. The van der Waals surface area contributed by atoms with E-state index >= 15 is 0 Å². The monoisotopic (exact) mass is 199 g/mol. The van der Waals surface area contributed by atoms with Crippen LogP contribution in [-0.4, -0.2) is 17.8 Å². The predicted molar refractivity (Wildman–Crippen MR) is 60.0 cm³/mol. The van der Waals surface area contributed by atoms with E-state index in [0.717, 1.165) is 12.3 Å². The van der Waals surface area contributed by atoms with Gasteiger partial charge in [0.2, 0.25) is 0 Å². The molecule has 0 aliphatic heterocycles. The molecule has 0 amide bonds. The second-order valence-electron chi connectivity index (χ2n) is 5.15. The minimum absolute atomic E-state index is 0.187. The van der Waals surface area contributed by atoms with E-state index in [-0.39, 0.29) is 18.1 Å². The van der Waals surface area contributed by atoms with E-state index < -0.39 is 0 Å². The summed E-state index contributed by atoms with van der Waals surface area (Å²) < 4.78 is 0. The Bertz CT molecular complexity index is 177. The summed E-state index contributed by atoms with van der Waals surface area (Å²) in [6.45, 7) is 7.00. The van der Waals surface area contributed by atoms with Gasteiger partial charge in [-0.3, -0.25) is 0 Å². The molecule has 2 nitrogen and oxygen atoms in total. The number of nitrogens with two attached hydrogens (primary N) is 1. The summed E-state index contributed by atoms with van der Waals surface area (Å²) in [5, 5.41) is 9.18. The molecule has 0 spiro atoms. The maximum Gasteiger partial charge on any atom is 0.0437 e. The van der Waals surface area contributed by atoms with Gasteiger partial charge in [0.15, 0.2) is 0 Å². The smallest absolute Gasteiger partial charge is 0.0437 e. The molecule has 0 aromatic rings. The van der Waals surface area contributed by atoms with Gasteiger partial charge in [0.05, 0.1) is 0 Å². The maximum absolute atomic E-state index is 9.18. The number of hydrogen-bond acceptors (Lipinski definition) is 2. The third-order valence-electron chi connectivity index (χ3n) is 4.55. The highest BCUT2D eigenvalue weighted by Crippen LogP contribution is 2.48. The van der Waals surface area contributed by atoms with E-state index in [4.69, 9.17) is 5.73 Å². The molecule has 1 fully saturated rings. The lowest BCUT2D eigenvalue weighted by atomic mass is 9.58. The van der Waals surface area contributed by atoms with Gasteiger partial charge in [0.1, 0.15) is 0 Å². The molecule has 0 heterocycles. The van der Waals surface area contributed by atoms with Gasteiger partial charge >= 0.3 is 0 Å². The van der Waals surface area contributed by atoms with Crippen LogP contribution in [0.1, 0.15) is 46.5 Å². The minimum Gasteiger partial charge on any atom is -0.396 e. The molecule has 0 bridgehead atoms. The van der Waals surface area contributed by atoms with Crippen molar-refractivity contribution in [3.63, 3.8) is 0 Å². The average Bonchev–Trinajstić information content (AvgIpc) is 2.13. The standard InChI is InChI=1S/C12H25NO/c1-9-5-4-6-12(7-8-14,10(9)2)11(3)13/h9-11,14H,4-8,13H2,1-3H3. The molecule has 0 radical (unpaired) electrons. The number of aliphatic hydroxyl groups is 1. The fourth-order valence-electron chi connectivity index (χ4n) is 3.23. The highest BCUT2D eigenvalue weighted by molar-refractivity contribution is 4.95. The Hall–Kier alpha value is -0.0800. The zero-order chi connectivity index (χ0) is 10.8. The first-order valence-corrected chi connectivity index (χ1v) is 5.91. The third kappa shape index (κ3) is 1.96. The lowest BCUT2D eigenvalue weighted by molar-refractivity contribution is 0.0158. The van der Waals surface area contributed by atoms with Gasteiger partial charge in [-0.15, -0.1) is 0 Å². The molecule has 0 aromatic heterocycles. The molecule has 2 heteroatoms. The molecule has 0 aromatic carbocycles. The molecule has 4 unspecified atom stereocenters. The van der Waals surface area contributed by atoms with Crippen LogP contribution in [0.15, 0.2) is 0 Å². The van der Waals surface area contributed by atoms with E-state index in [1.807, 2.05) is 0 Å².